The molecule has 0 bridgehead atoms. The van der Waals surface area contributed by atoms with E-state index in [1.807, 2.05) is 54.6 Å². The van der Waals surface area contributed by atoms with Crippen molar-refractivity contribution in [1.82, 2.24) is 0 Å². The average molecular weight is 228 g/mol. The Balaban J connectivity index is 2.11. The Morgan fingerprint density at radius 3 is 2.53 bits per heavy atom. The standard InChI is InChI=1S/C15H16O2/c1-17-14-9-5-8-13(11-14)15(16)10-12-6-3-2-4-7-12/h2-9,11,15-16H,10H2,1H3/t15-/m0/s1. The molecule has 0 radical (unpaired) electrons. The zero-order valence-electron chi connectivity index (χ0n) is 9.84. The summed E-state index contributed by atoms with van der Waals surface area (Å²) >= 11 is 0. The summed E-state index contributed by atoms with van der Waals surface area (Å²) in [5, 5.41) is 10.1. The van der Waals surface area contributed by atoms with E-state index in [4.69, 9.17) is 4.74 Å². The maximum Gasteiger partial charge on any atom is 0.119 e. The lowest BCUT2D eigenvalue weighted by atomic mass is 10.0. The summed E-state index contributed by atoms with van der Waals surface area (Å²) < 4.78 is 5.14. The van der Waals surface area contributed by atoms with Crippen LogP contribution in [0.1, 0.15) is 17.2 Å². The highest BCUT2D eigenvalue weighted by Gasteiger charge is 2.08. The van der Waals surface area contributed by atoms with Crippen LogP contribution in [0.3, 0.4) is 0 Å². The minimum Gasteiger partial charge on any atom is -0.497 e. The van der Waals surface area contributed by atoms with E-state index in [1.165, 1.54) is 0 Å². The van der Waals surface area contributed by atoms with Crippen LogP contribution in [-0.4, -0.2) is 12.2 Å². The second-order valence-corrected chi connectivity index (χ2v) is 3.98. The third-order valence-corrected chi connectivity index (χ3v) is 2.75. The molecule has 2 heteroatoms. The van der Waals surface area contributed by atoms with Gasteiger partial charge < -0.3 is 9.84 Å². The summed E-state index contributed by atoms with van der Waals surface area (Å²) in [5.41, 5.74) is 2.01. The monoisotopic (exact) mass is 228 g/mol. The van der Waals surface area contributed by atoms with Gasteiger partial charge in [-0.1, -0.05) is 42.5 Å². The van der Waals surface area contributed by atoms with E-state index in [2.05, 4.69) is 0 Å². The number of benzene rings is 2. The molecule has 2 nitrogen and oxygen atoms in total. The molecule has 0 aromatic heterocycles. The highest BCUT2D eigenvalue weighted by atomic mass is 16.5. The van der Waals surface area contributed by atoms with Gasteiger partial charge in [-0.15, -0.1) is 0 Å². The minimum absolute atomic E-state index is 0.493. The molecule has 0 heterocycles. The predicted octanol–water partition coefficient (Wildman–Crippen LogP) is 2.97. The Hall–Kier alpha value is -1.80. The number of aliphatic hydroxyl groups is 1. The third kappa shape index (κ3) is 3.08. The van der Waals surface area contributed by atoms with Gasteiger partial charge in [-0.2, -0.15) is 0 Å². The average Bonchev–Trinajstić information content (AvgIpc) is 2.40. The lowest BCUT2D eigenvalue weighted by molar-refractivity contribution is 0.178. The number of aliphatic hydroxyl groups excluding tert-OH is 1. The van der Waals surface area contributed by atoms with Crippen LogP contribution in [0.15, 0.2) is 54.6 Å². The number of rotatable bonds is 4. The first-order valence-electron chi connectivity index (χ1n) is 5.65. The highest BCUT2D eigenvalue weighted by molar-refractivity contribution is 5.31. The normalized spacial score (nSPS) is 12.1. The second kappa shape index (κ2) is 5.51. The lowest BCUT2D eigenvalue weighted by Crippen LogP contribution is -2.01. The first-order chi connectivity index (χ1) is 8.29. The van der Waals surface area contributed by atoms with Crippen molar-refractivity contribution < 1.29 is 9.84 Å². The highest BCUT2D eigenvalue weighted by Crippen LogP contribution is 2.22. The van der Waals surface area contributed by atoms with Crippen molar-refractivity contribution in [1.29, 1.82) is 0 Å². The van der Waals surface area contributed by atoms with E-state index < -0.39 is 6.10 Å². The van der Waals surface area contributed by atoms with Gasteiger partial charge in [0.05, 0.1) is 13.2 Å². The molecule has 0 saturated heterocycles. The molecule has 1 atom stereocenters. The molecule has 0 aliphatic rings. The Morgan fingerprint density at radius 1 is 1.06 bits per heavy atom. The van der Waals surface area contributed by atoms with Crippen molar-refractivity contribution in [2.24, 2.45) is 0 Å². The van der Waals surface area contributed by atoms with Crippen molar-refractivity contribution in [2.75, 3.05) is 7.11 Å². The van der Waals surface area contributed by atoms with Gasteiger partial charge in [-0.3, -0.25) is 0 Å². The van der Waals surface area contributed by atoms with Crippen LogP contribution >= 0.6 is 0 Å². The molecule has 0 amide bonds. The molecule has 2 rings (SSSR count). The van der Waals surface area contributed by atoms with Gasteiger partial charge in [-0.25, -0.2) is 0 Å². The van der Waals surface area contributed by atoms with E-state index >= 15 is 0 Å². The molecule has 88 valence electrons. The van der Waals surface area contributed by atoms with Gasteiger partial charge in [0.2, 0.25) is 0 Å². The molecule has 0 aliphatic carbocycles. The van der Waals surface area contributed by atoms with Crippen molar-refractivity contribution in [3.63, 3.8) is 0 Å². The lowest BCUT2D eigenvalue weighted by Gasteiger charge is -2.12. The Labute approximate surface area is 101 Å². The second-order valence-electron chi connectivity index (χ2n) is 3.98. The molecule has 0 aliphatic heterocycles. The smallest absolute Gasteiger partial charge is 0.119 e. The minimum atomic E-state index is -0.493. The number of methoxy groups -OCH3 is 1. The molecule has 2 aromatic carbocycles. The van der Waals surface area contributed by atoms with Crippen LogP contribution in [0.4, 0.5) is 0 Å². The Morgan fingerprint density at radius 2 is 1.82 bits per heavy atom. The maximum absolute atomic E-state index is 10.1. The molecule has 0 unspecified atom stereocenters. The van der Waals surface area contributed by atoms with Gasteiger partial charge in [-0.05, 0) is 23.3 Å². The molecule has 0 saturated carbocycles. The Bertz CT molecular complexity index is 465. The van der Waals surface area contributed by atoms with Crippen LogP contribution < -0.4 is 4.74 Å². The third-order valence-electron chi connectivity index (χ3n) is 2.75. The van der Waals surface area contributed by atoms with E-state index in [-0.39, 0.29) is 0 Å². The van der Waals surface area contributed by atoms with Crippen LogP contribution in [0, 0.1) is 0 Å². The number of hydrogen-bond donors (Lipinski definition) is 1. The number of ether oxygens (including phenoxy) is 1. The molecule has 1 N–H and O–H groups in total. The molecule has 0 spiro atoms. The quantitative estimate of drug-likeness (QED) is 0.871. The summed E-state index contributed by atoms with van der Waals surface area (Å²) in [6, 6.07) is 17.5. The summed E-state index contributed by atoms with van der Waals surface area (Å²) in [5.74, 6) is 0.773. The van der Waals surface area contributed by atoms with E-state index in [9.17, 15) is 5.11 Å². The van der Waals surface area contributed by atoms with Crippen molar-refractivity contribution in [3.05, 3.63) is 65.7 Å². The predicted molar refractivity (Wildman–Crippen MR) is 68.1 cm³/mol. The van der Waals surface area contributed by atoms with Gasteiger partial charge in [0.15, 0.2) is 0 Å². The van der Waals surface area contributed by atoms with Crippen LogP contribution in [-0.2, 0) is 6.42 Å². The van der Waals surface area contributed by atoms with Crippen molar-refractivity contribution in [3.8, 4) is 5.75 Å². The van der Waals surface area contributed by atoms with E-state index in [0.29, 0.717) is 6.42 Å². The summed E-state index contributed by atoms with van der Waals surface area (Å²) in [6.07, 6.45) is 0.126. The SMILES string of the molecule is COc1cccc([C@@H](O)Cc2ccccc2)c1. The summed E-state index contributed by atoms with van der Waals surface area (Å²) in [4.78, 5) is 0. The molecule has 0 fully saturated rings. The topological polar surface area (TPSA) is 29.5 Å². The van der Waals surface area contributed by atoms with Crippen LogP contribution in [0.25, 0.3) is 0 Å². The first kappa shape index (κ1) is 11.7. The van der Waals surface area contributed by atoms with Gasteiger partial charge in [0, 0.05) is 6.42 Å². The van der Waals surface area contributed by atoms with Gasteiger partial charge in [0.1, 0.15) is 5.75 Å². The zero-order valence-corrected chi connectivity index (χ0v) is 9.84. The molecule has 2 aromatic rings. The zero-order chi connectivity index (χ0) is 12.1. The molecular formula is C15H16O2. The first-order valence-corrected chi connectivity index (χ1v) is 5.65. The van der Waals surface area contributed by atoms with Crippen LogP contribution in [0.2, 0.25) is 0 Å². The van der Waals surface area contributed by atoms with Crippen molar-refractivity contribution in [2.45, 2.75) is 12.5 Å². The fraction of sp³-hybridized carbons (Fsp3) is 0.200. The maximum atomic E-state index is 10.1. The van der Waals surface area contributed by atoms with Crippen molar-refractivity contribution >= 4 is 0 Å². The van der Waals surface area contributed by atoms with Crippen LogP contribution in [0.5, 0.6) is 5.75 Å². The van der Waals surface area contributed by atoms with Gasteiger partial charge >= 0.3 is 0 Å². The largest absolute Gasteiger partial charge is 0.497 e. The fourth-order valence-corrected chi connectivity index (χ4v) is 1.80. The Kier molecular flexibility index (Phi) is 3.78. The van der Waals surface area contributed by atoms with E-state index in [1.54, 1.807) is 7.11 Å². The van der Waals surface area contributed by atoms with E-state index in [0.717, 1.165) is 16.9 Å². The summed E-state index contributed by atoms with van der Waals surface area (Å²) in [6.45, 7) is 0. The fourth-order valence-electron chi connectivity index (χ4n) is 1.80. The van der Waals surface area contributed by atoms with Gasteiger partial charge in [0.25, 0.3) is 0 Å². The number of hydrogen-bond acceptors (Lipinski definition) is 2. The molecule has 17 heavy (non-hydrogen) atoms. The summed E-state index contributed by atoms with van der Waals surface area (Å²) in [7, 11) is 1.63. The molecular weight excluding hydrogens is 212 g/mol.